The average Bonchev–Trinajstić information content (AvgIpc) is 4.09. The van der Waals surface area contributed by atoms with Gasteiger partial charge in [-0.05, 0) is 121 Å². The topological polar surface area (TPSA) is 101 Å². The number of carbonyl (C=O) groups excluding carboxylic acids is 2. The number of likely N-dealkylation sites (N-methyl/N-ethyl adjacent to an activating group) is 3. The Morgan fingerprint density at radius 1 is 0.900 bits per heavy atom. The van der Waals surface area contributed by atoms with Crippen molar-refractivity contribution in [3.05, 3.63) is 120 Å². The van der Waals surface area contributed by atoms with Gasteiger partial charge in [-0.1, -0.05) is 74.6 Å². The van der Waals surface area contributed by atoms with Crippen LogP contribution in [0.3, 0.4) is 0 Å². The van der Waals surface area contributed by atoms with Gasteiger partial charge in [0, 0.05) is 32.0 Å². The minimum atomic E-state index is -0.324. The fraction of sp³-hybridized carbons (Fsp3) is 0.469. The first-order valence-electron chi connectivity index (χ1n) is 21.9. The molecule has 1 aliphatic carbocycles. The maximum atomic E-state index is 14.1. The lowest BCUT2D eigenvalue weighted by atomic mass is 9.90. The van der Waals surface area contributed by atoms with Crippen LogP contribution in [-0.4, -0.2) is 125 Å². The Hall–Kier alpha value is -5.10. The number of benzene rings is 2. The molecule has 11 nitrogen and oxygen atoms in total. The van der Waals surface area contributed by atoms with Gasteiger partial charge >= 0.3 is 0 Å². The second kappa shape index (κ2) is 19.5. The smallest absolute Gasteiger partial charge is 0.244 e. The van der Waals surface area contributed by atoms with Gasteiger partial charge in [0.1, 0.15) is 29.5 Å². The number of H-pyrrole nitrogens is 1. The summed E-state index contributed by atoms with van der Waals surface area (Å²) in [6.45, 7) is 6.51. The number of allylic oxidation sites excluding steroid dienone is 6. The summed E-state index contributed by atoms with van der Waals surface area (Å²) in [5.74, 6) is 2.94. The summed E-state index contributed by atoms with van der Waals surface area (Å²) < 4.78 is 6.41. The van der Waals surface area contributed by atoms with Crippen molar-refractivity contribution >= 4 is 17.5 Å². The average molecular weight is 813 g/mol. The Labute approximate surface area is 357 Å². The fourth-order valence-electron chi connectivity index (χ4n) is 9.47. The van der Waals surface area contributed by atoms with E-state index >= 15 is 0 Å². The van der Waals surface area contributed by atoms with Crippen LogP contribution in [0.15, 0.2) is 114 Å². The van der Waals surface area contributed by atoms with Gasteiger partial charge < -0.3 is 19.5 Å². The molecule has 3 aromatic rings. The highest BCUT2D eigenvalue weighted by Crippen LogP contribution is 2.35. The first kappa shape index (κ1) is 43.0. The number of ether oxygens (including phenoxy) is 1. The zero-order chi connectivity index (χ0) is 42.3. The van der Waals surface area contributed by atoms with E-state index in [1.807, 2.05) is 86.7 Å². The number of carbonyl (C=O) groups is 2. The monoisotopic (exact) mass is 813 g/mol. The van der Waals surface area contributed by atoms with Crippen LogP contribution in [-0.2, 0) is 9.59 Å². The number of nitrogens with zero attached hydrogens (tertiary/aromatic N) is 7. The van der Waals surface area contributed by atoms with E-state index in [4.69, 9.17) is 14.7 Å². The molecule has 2 saturated heterocycles. The van der Waals surface area contributed by atoms with Gasteiger partial charge in [0.05, 0.1) is 35.7 Å². The second-order valence-corrected chi connectivity index (χ2v) is 17.1. The molecule has 60 heavy (non-hydrogen) atoms. The molecule has 0 saturated carbocycles. The predicted molar refractivity (Wildman–Crippen MR) is 240 cm³/mol. The van der Waals surface area contributed by atoms with E-state index in [2.05, 4.69) is 89.2 Å². The van der Waals surface area contributed by atoms with Crippen LogP contribution < -0.4 is 4.74 Å². The molecule has 2 amide bonds. The van der Waals surface area contributed by atoms with E-state index in [0.717, 1.165) is 104 Å². The summed E-state index contributed by atoms with van der Waals surface area (Å²) >= 11 is 0. The quantitative estimate of drug-likeness (QED) is 0.124. The lowest BCUT2D eigenvalue weighted by Crippen LogP contribution is -2.50. The summed E-state index contributed by atoms with van der Waals surface area (Å²) in [5, 5.41) is 0. The number of nitrogens with one attached hydrogen (secondary N) is 1. The molecule has 1 aromatic heterocycles. The van der Waals surface area contributed by atoms with Crippen molar-refractivity contribution in [2.45, 2.75) is 89.1 Å². The van der Waals surface area contributed by atoms with Crippen LogP contribution in [0.5, 0.6) is 5.75 Å². The molecular formula is C49H64N8O3. The van der Waals surface area contributed by atoms with Crippen molar-refractivity contribution in [2.75, 3.05) is 54.9 Å². The molecule has 2 aromatic carbocycles. The van der Waals surface area contributed by atoms with Crippen molar-refractivity contribution in [3.8, 4) is 17.0 Å². The van der Waals surface area contributed by atoms with Crippen LogP contribution in [0, 0.1) is 5.92 Å². The van der Waals surface area contributed by atoms with Gasteiger partial charge in [-0.2, -0.15) is 0 Å². The predicted octanol–water partition coefficient (Wildman–Crippen LogP) is 7.82. The number of rotatable bonds is 15. The fourth-order valence-corrected chi connectivity index (χ4v) is 9.47. The standard InChI is InChI=1S/C49H64N8O3/c1-8-34(41-33-55(7)47(52-41)43-23-17-31-57(43)49(59)45(54(5)6)37-20-14-11-15-21-37)24-27-38(9-2)60-39-28-25-35(26-29-39)40-32-50-46(51-40)42-22-16-30-56(42)48(58)44(53(3)4)36-18-12-10-13-19-36/h10-15,18,20-21,24-29,32,36,42-45,47H,8-9,16-17,19,22-23,30-31,33H2,1-7H3,(H,50,51)/b34-24+,38-27+. The lowest BCUT2D eigenvalue weighted by molar-refractivity contribution is -0.139. The van der Waals surface area contributed by atoms with Crippen molar-refractivity contribution < 1.29 is 14.3 Å². The molecule has 1 N–H and O–H groups in total. The minimum Gasteiger partial charge on any atom is -0.462 e. The Bertz CT molecular complexity index is 2100. The van der Waals surface area contributed by atoms with Crippen molar-refractivity contribution in [2.24, 2.45) is 10.9 Å². The van der Waals surface area contributed by atoms with Crippen LogP contribution >= 0.6 is 0 Å². The van der Waals surface area contributed by atoms with Gasteiger partial charge in [-0.25, -0.2) is 4.98 Å². The van der Waals surface area contributed by atoms with Gasteiger partial charge in [0.25, 0.3) is 0 Å². The number of imidazole rings is 1. The van der Waals surface area contributed by atoms with E-state index < -0.39 is 0 Å². The van der Waals surface area contributed by atoms with Crippen LogP contribution in [0.2, 0.25) is 0 Å². The van der Waals surface area contributed by atoms with Crippen molar-refractivity contribution in [1.82, 2.24) is 34.5 Å². The molecule has 6 unspecified atom stereocenters. The molecule has 0 radical (unpaired) electrons. The molecule has 2 fully saturated rings. The number of aromatic amines is 1. The third-order valence-corrected chi connectivity index (χ3v) is 12.6. The molecule has 0 spiro atoms. The molecule has 3 aliphatic heterocycles. The number of likely N-dealkylation sites (tertiary alicyclic amines) is 2. The first-order chi connectivity index (χ1) is 29.1. The van der Waals surface area contributed by atoms with E-state index in [1.165, 1.54) is 5.57 Å². The van der Waals surface area contributed by atoms with Crippen molar-refractivity contribution in [1.29, 1.82) is 0 Å². The highest BCUT2D eigenvalue weighted by Gasteiger charge is 2.42. The number of aromatic nitrogens is 2. The zero-order valence-electron chi connectivity index (χ0n) is 36.6. The van der Waals surface area contributed by atoms with Crippen LogP contribution in [0.4, 0.5) is 0 Å². The second-order valence-electron chi connectivity index (χ2n) is 17.1. The summed E-state index contributed by atoms with van der Waals surface area (Å²) in [6.07, 6.45) is 20.7. The first-order valence-corrected chi connectivity index (χ1v) is 21.9. The largest absolute Gasteiger partial charge is 0.462 e. The van der Waals surface area contributed by atoms with E-state index in [1.54, 1.807) is 0 Å². The summed E-state index contributed by atoms with van der Waals surface area (Å²) in [6, 6.07) is 17.6. The third-order valence-electron chi connectivity index (χ3n) is 12.6. The number of hydrogen-bond donors (Lipinski definition) is 1. The Kier molecular flexibility index (Phi) is 14.0. The van der Waals surface area contributed by atoms with Crippen molar-refractivity contribution in [3.63, 3.8) is 0 Å². The molecule has 7 rings (SSSR count). The van der Waals surface area contributed by atoms with Gasteiger partial charge in [-0.3, -0.25) is 29.3 Å². The maximum Gasteiger partial charge on any atom is 0.244 e. The molecule has 0 bridgehead atoms. The Morgan fingerprint density at radius 2 is 1.65 bits per heavy atom. The summed E-state index contributed by atoms with van der Waals surface area (Å²) in [7, 11) is 10.1. The van der Waals surface area contributed by atoms with Crippen LogP contribution in [0.25, 0.3) is 11.3 Å². The summed E-state index contributed by atoms with van der Waals surface area (Å²) in [4.78, 5) is 52.2. The normalized spacial score (nSPS) is 23.5. The molecular weight excluding hydrogens is 749 g/mol. The molecule has 4 heterocycles. The van der Waals surface area contributed by atoms with E-state index in [9.17, 15) is 9.59 Å². The number of aliphatic imine (C=N–C) groups is 1. The van der Waals surface area contributed by atoms with E-state index in [-0.39, 0.29) is 48.1 Å². The third kappa shape index (κ3) is 9.43. The van der Waals surface area contributed by atoms with Gasteiger partial charge in [-0.15, -0.1) is 0 Å². The van der Waals surface area contributed by atoms with Gasteiger partial charge in [0.15, 0.2) is 0 Å². The highest BCUT2D eigenvalue weighted by atomic mass is 16.5. The molecule has 11 heteroatoms. The SMILES string of the molecule is CC/C(=C\C=C(/CC)C1=NC(C2CCCN2C(=O)C(c2ccccc2)N(C)C)N(C)C1)Oc1ccc(-c2cnc(C3CCCN3C(=O)C(C3C=CC=CC3)N(C)C)[nH]2)cc1. The maximum absolute atomic E-state index is 14.1. The number of amides is 2. The molecule has 4 aliphatic rings. The van der Waals surface area contributed by atoms with E-state index in [0.29, 0.717) is 0 Å². The minimum absolute atomic E-state index is 0.0370. The Morgan fingerprint density at radius 3 is 2.33 bits per heavy atom. The summed E-state index contributed by atoms with van der Waals surface area (Å²) in [5.41, 5.74) is 5.20. The molecule has 6 atom stereocenters. The zero-order valence-corrected chi connectivity index (χ0v) is 36.6. The lowest BCUT2D eigenvalue weighted by Gasteiger charge is -2.35. The number of hydrogen-bond acceptors (Lipinski definition) is 8. The Balaban J connectivity index is 0.999. The van der Waals surface area contributed by atoms with Gasteiger partial charge in [0.2, 0.25) is 11.8 Å². The van der Waals surface area contributed by atoms with Crippen LogP contribution in [0.1, 0.15) is 82.3 Å². The highest BCUT2D eigenvalue weighted by molar-refractivity contribution is 6.03. The molecule has 318 valence electrons.